The Labute approximate surface area is 89.9 Å². The van der Waals surface area contributed by atoms with Gasteiger partial charge in [-0.25, -0.2) is 0 Å². The zero-order chi connectivity index (χ0) is 10.6. The molecule has 0 bridgehead atoms. The number of hydrogen-bond acceptors (Lipinski definition) is 1. The van der Waals surface area contributed by atoms with E-state index in [9.17, 15) is 12.9 Å². The van der Waals surface area contributed by atoms with Crippen LogP contribution in [0.15, 0.2) is 24.3 Å². The van der Waals surface area contributed by atoms with Gasteiger partial charge >= 0.3 is 6.98 Å². The van der Waals surface area contributed by atoms with Gasteiger partial charge in [0.2, 0.25) is 0 Å². The number of halogens is 4. The van der Waals surface area contributed by atoms with Gasteiger partial charge in [-0.1, -0.05) is 23.7 Å². The van der Waals surface area contributed by atoms with Crippen molar-refractivity contribution in [2.24, 2.45) is 0 Å². The van der Waals surface area contributed by atoms with Gasteiger partial charge < -0.3 is 12.9 Å². The third-order valence-corrected chi connectivity index (χ3v) is 2.89. The number of thioether (sulfide) groups is 1. The predicted molar refractivity (Wildman–Crippen MR) is 56.7 cm³/mol. The first kappa shape index (κ1) is 11.8. The van der Waals surface area contributed by atoms with Crippen LogP contribution < -0.4 is 0 Å². The summed E-state index contributed by atoms with van der Waals surface area (Å²) in [5.74, 6) is 0.373. The summed E-state index contributed by atoms with van der Waals surface area (Å²) >= 11 is 6.51. The fraction of sp³-hybridized carbons (Fsp3) is 0.250. The molecule has 0 spiro atoms. The van der Waals surface area contributed by atoms with E-state index in [0.717, 1.165) is 17.3 Å². The van der Waals surface area contributed by atoms with Crippen LogP contribution in [-0.4, -0.2) is 12.6 Å². The molecular weight excluding hydrogens is 231 g/mol. The van der Waals surface area contributed by atoms with Crippen LogP contribution in [0.25, 0.3) is 0 Å². The highest BCUT2D eigenvalue weighted by Gasteiger charge is 2.22. The summed E-state index contributed by atoms with van der Waals surface area (Å²) in [4.78, 5) is 0. The van der Waals surface area contributed by atoms with Gasteiger partial charge in [0.25, 0.3) is 0 Å². The second kappa shape index (κ2) is 4.98. The Kier molecular flexibility index (Phi) is 4.19. The zero-order valence-electron chi connectivity index (χ0n) is 7.22. The molecule has 14 heavy (non-hydrogen) atoms. The summed E-state index contributed by atoms with van der Waals surface area (Å²) in [7, 11) is 0. The van der Waals surface area contributed by atoms with E-state index in [1.54, 1.807) is 24.3 Å². The highest BCUT2D eigenvalue weighted by atomic mass is 35.5. The van der Waals surface area contributed by atoms with Crippen LogP contribution in [0.4, 0.5) is 12.9 Å². The second-order valence-corrected chi connectivity index (χ2v) is 4.32. The molecule has 0 saturated carbocycles. The molecule has 0 aliphatic heterocycles. The van der Waals surface area contributed by atoms with Crippen LogP contribution in [0, 0.1) is 0 Å². The Bertz CT molecular complexity index is 286. The number of benzene rings is 1. The molecule has 0 unspecified atom stereocenters. The summed E-state index contributed by atoms with van der Waals surface area (Å²) in [6.07, 6.45) is 0. The quantitative estimate of drug-likeness (QED) is 0.717. The highest BCUT2D eigenvalue weighted by molar-refractivity contribution is 7.99. The molecule has 6 heteroatoms. The monoisotopic (exact) mass is 239 g/mol. The molecule has 1 aromatic carbocycles. The first-order valence-electron chi connectivity index (χ1n) is 4.00. The molecule has 0 saturated heterocycles. The topological polar surface area (TPSA) is 0 Å². The van der Waals surface area contributed by atoms with Gasteiger partial charge in [-0.2, -0.15) is 11.8 Å². The minimum absolute atomic E-state index is 0.373. The normalized spacial score (nSPS) is 11.7. The first-order chi connectivity index (χ1) is 6.47. The summed E-state index contributed by atoms with van der Waals surface area (Å²) in [5, 5.41) is 0.596. The van der Waals surface area contributed by atoms with E-state index in [0.29, 0.717) is 10.8 Å². The molecule has 78 valence electrons. The molecule has 0 N–H and O–H groups in total. The second-order valence-electron chi connectivity index (χ2n) is 2.85. The van der Waals surface area contributed by atoms with E-state index in [1.807, 2.05) is 0 Å². The van der Waals surface area contributed by atoms with Crippen molar-refractivity contribution in [3.8, 4) is 0 Å². The van der Waals surface area contributed by atoms with Crippen LogP contribution in [-0.2, 0) is 5.75 Å². The third kappa shape index (κ3) is 4.81. The standard InChI is InChI=1S/C8H8BClF3S/c10-8-3-1-7(2-4-8)5-14-6-9(11,12)13/h1-4H,5-6H2/q-1. The number of rotatable bonds is 4. The van der Waals surface area contributed by atoms with Crippen LogP contribution in [0.1, 0.15) is 5.56 Å². The van der Waals surface area contributed by atoms with Crippen molar-refractivity contribution in [3.63, 3.8) is 0 Å². The van der Waals surface area contributed by atoms with Crippen molar-refractivity contribution >= 4 is 30.3 Å². The molecule has 1 aromatic rings. The predicted octanol–water partition coefficient (Wildman–Crippen LogP) is 3.96. The average Bonchev–Trinajstić information content (AvgIpc) is 2.06. The maximum atomic E-state index is 11.8. The van der Waals surface area contributed by atoms with Crippen molar-refractivity contribution in [2.75, 3.05) is 5.65 Å². The summed E-state index contributed by atoms with van der Waals surface area (Å²) < 4.78 is 35.5. The lowest BCUT2D eigenvalue weighted by atomic mass is 9.98. The minimum Gasteiger partial charge on any atom is -0.448 e. The van der Waals surface area contributed by atoms with Crippen molar-refractivity contribution in [2.45, 2.75) is 5.75 Å². The van der Waals surface area contributed by atoms with E-state index in [1.165, 1.54) is 0 Å². The van der Waals surface area contributed by atoms with Gasteiger partial charge in [0, 0.05) is 10.8 Å². The van der Waals surface area contributed by atoms with Gasteiger partial charge in [-0.15, -0.1) is 0 Å². The van der Waals surface area contributed by atoms with E-state index in [4.69, 9.17) is 11.6 Å². The Morgan fingerprint density at radius 1 is 1.14 bits per heavy atom. The van der Waals surface area contributed by atoms with Gasteiger partial charge in [0.05, 0.1) is 0 Å². The van der Waals surface area contributed by atoms with E-state index in [2.05, 4.69) is 0 Å². The molecule has 0 atom stereocenters. The van der Waals surface area contributed by atoms with Crippen LogP contribution in [0.5, 0.6) is 0 Å². The van der Waals surface area contributed by atoms with Gasteiger partial charge in [0.15, 0.2) is 0 Å². The summed E-state index contributed by atoms with van der Waals surface area (Å²) in [6, 6.07) is 6.82. The van der Waals surface area contributed by atoms with E-state index < -0.39 is 12.6 Å². The lowest BCUT2D eigenvalue weighted by Gasteiger charge is -2.12. The average molecular weight is 239 g/mol. The van der Waals surface area contributed by atoms with Crippen LogP contribution >= 0.6 is 23.4 Å². The summed E-state index contributed by atoms with van der Waals surface area (Å²) in [6.45, 7) is -4.67. The molecule has 0 amide bonds. The molecule has 0 radical (unpaired) electrons. The van der Waals surface area contributed by atoms with Crippen LogP contribution in [0.2, 0.25) is 5.02 Å². The Hall–Kier alpha value is -0.285. The Balaban J connectivity index is 2.35. The third-order valence-electron chi connectivity index (χ3n) is 1.49. The molecule has 0 nitrogen and oxygen atoms in total. The molecule has 0 aliphatic carbocycles. The highest BCUT2D eigenvalue weighted by Crippen LogP contribution is 2.20. The maximum Gasteiger partial charge on any atom is 0.488 e. The fourth-order valence-electron chi connectivity index (χ4n) is 0.891. The lowest BCUT2D eigenvalue weighted by molar-refractivity contribution is 0.485. The fourth-order valence-corrected chi connectivity index (χ4v) is 1.83. The van der Waals surface area contributed by atoms with Crippen molar-refractivity contribution < 1.29 is 12.9 Å². The maximum absolute atomic E-state index is 11.8. The Morgan fingerprint density at radius 2 is 1.71 bits per heavy atom. The van der Waals surface area contributed by atoms with Gasteiger partial charge in [0.1, 0.15) is 0 Å². The van der Waals surface area contributed by atoms with E-state index >= 15 is 0 Å². The van der Waals surface area contributed by atoms with Crippen molar-refractivity contribution in [1.82, 2.24) is 0 Å². The van der Waals surface area contributed by atoms with Gasteiger partial charge in [-0.05, 0) is 23.3 Å². The molecule has 0 heterocycles. The molecular formula is C8H8BClF3S-. The lowest BCUT2D eigenvalue weighted by Crippen LogP contribution is -2.19. The smallest absolute Gasteiger partial charge is 0.448 e. The molecule has 0 aliphatic rings. The Morgan fingerprint density at radius 3 is 2.21 bits per heavy atom. The molecule has 1 rings (SSSR count). The molecule has 0 fully saturated rings. The minimum atomic E-state index is -4.67. The molecule has 0 aromatic heterocycles. The van der Waals surface area contributed by atoms with E-state index in [-0.39, 0.29) is 0 Å². The first-order valence-corrected chi connectivity index (χ1v) is 5.54. The number of hydrogen-bond donors (Lipinski definition) is 0. The van der Waals surface area contributed by atoms with Crippen molar-refractivity contribution in [3.05, 3.63) is 34.9 Å². The van der Waals surface area contributed by atoms with Crippen molar-refractivity contribution in [1.29, 1.82) is 0 Å². The SMILES string of the molecule is F[B-](F)(F)CSCc1ccc(Cl)cc1. The summed E-state index contributed by atoms with van der Waals surface area (Å²) in [5.41, 5.74) is 0.113. The van der Waals surface area contributed by atoms with Crippen LogP contribution in [0.3, 0.4) is 0 Å². The zero-order valence-corrected chi connectivity index (χ0v) is 8.79. The largest absolute Gasteiger partial charge is 0.488 e. The van der Waals surface area contributed by atoms with Gasteiger partial charge in [-0.3, -0.25) is 0 Å².